The van der Waals surface area contributed by atoms with Crippen LogP contribution in [0, 0.1) is 0 Å². The van der Waals surface area contributed by atoms with Gasteiger partial charge in [0.2, 0.25) is 0 Å². The van der Waals surface area contributed by atoms with Gasteiger partial charge in [-0.05, 0) is 36.4 Å². The molecule has 3 aromatic rings. The molecule has 0 fully saturated rings. The fourth-order valence-corrected chi connectivity index (χ4v) is 3.04. The van der Waals surface area contributed by atoms with Gasteiger partial charge in [0.05, 0.1) is 9.79 Å². The first-order valence-corrected chi connectivity index (χ1v) is 8.36. The van der Waals surface area contributed by atoms with E-state index in [9.17, 15) is 25.9 Å². The Balaban J connectivity index is 2.42. The Labute approximate surface area is 119 Å². The molecule has 0 unspecified atom stereocenters. The van der Waals surface area contributed by atoms with Crippen molar-refractivity contribution in [1.82, 2.24) is 0 Å². The van der Waals surface area contributed by atoms with Crippen molar-refractivity contribution in [3.05, 3.63) is 36.4 Å². The van der Waals surface area contributed by atoms with E-state index in [4.69, 9.17) is 4.42 Å². The number of rotatable bonds is 2. The molecule has 1 aromatic heterocycles. The highest BCUT2D eigenvalue weighted by molar-refractivity contribution is 7.86. The molecule has 0 bridgehead atoms. The Morgan fingerprint density at radius 3 is 1.43 bits per heavy atom. The van der Waals surface area contributed by atoms with E-state index in [1.807, 2.05) is 0 Å². The Kier molecular flexibility index (Phi) is 2.85. The van der Waals surface area contributed by atoms with Crippen LogP contribution < -0.4 is 0 Å². The minimum Gasteiger partial charge on any atom is -0.744 e. The molecule has 2 aromatic carbocycles. The van der Waals surface area contributed by atoms with Crippen LogP contribution in [0.5, 0.6) is 0 Å². The van der Waals surface area contributed by atoms with Crippen molar-refractivity contribution < 1.29 is 30.4 Å². The summed E-state index contributed by atoms with van der Waals surface area (Å²) in [7, 11) is -9.30. The molecule has 1 heterocycles. The van der Waals surface area contributed by atoms with Gasteiger partial charge in [0, 0.05) is 10.8 Å². The van der Waals surface area contributed by atoms with Crippen molar-refractivity contribution >= 4 is 42.2 Å². The third-order valence-electron chi connectivity index (χ3n) is 2.99. The average Bonchev–Trinajstić information content (AvgIpc) is 2.73. The van der Waals surface area contributed by atoms with E-state index in [1.165, 1.54) is 12.1 Å². The van der Waals surface area contributed by atoms with Gasteiger partial charge in [0.25, 0.3) is 0 Å². The Hall–Kier alpha value is -1.94. The highest BCUT2D eigenvalue weighted by Gasteiger charge is 2.12. The molecule has 0 atom stereocenters. The lowest BCUT2D eigenvalue weighted by molar-refractivity contribution is 0.461. The van der Waals surface area contributed by atoms with E-state index < -0.39 is 30.0 Å². The van der Waals surface area contributed by atoms with Gasteiger partial charge in [-0.15, -0.1) is 0 Å². The van der Waals surface area contributed by atoms with Gasteiger partial charge in [-0.25, -0.2) is 16.8 Å². The molecule has 0 spiro atoms. The second-order valence-electron chi connectivity index (χ2n) is 4.33. The quantitative estimate of drug-likeness (QED) is 0.651. The number of hydrogen-bond donors (Lipinski definition) is 0. The maximum atomic E-state index is 11.0. The van der Waals surface area contributed by atoms with Crippen molar-refractivity contribution in [3.63, 3.8) is 0 Å². The van der Waals surface area contributed by atoms with E-state index in [0.29, 0.717) is 0 Å². The number of furan rings is 1. The smallest absolute Gasteiger partial charge is 0.135 e. The van der Waals surface area contributed by atoms with Crippen LogP contribution in [-0.4, -0.2) is 25.9 Å². The molecule has 0 saturated heterocycles. The molecule has 0 radical (unpaired) electrons. The highest BCUT2D eigenvalue weighted by atomic mass is 32.2. The fourth-order valence-electron chi connectivity index (χ4n) is 2.05. The van der Waals surface area contributed by atoms with Gasteiger partial charge in [-0.1, -0.05) is 0 Å². The van der Waals surface area contributed by atoms with Crippen molar-refractivity contribution in [2.45, 2.75) is 9.79 Å². The summed E-state index contributed by atoms with van der Waals surface area (Å²) in [6.07, 6.45) is 0. The second-order valence-corrected chi connectivity index (χ2v) is 7.09. The van der Waals surface area contributed by atoms with Gasteiger partial charge in [-0.2, -0.15) is 0 Å². The molecule has 110 valence electrons. The molecule has 0 saturated carbocycles. The SMILES string of the molecule is O=S(=O)([O-])c1ccc2oc3ccc(S(=O)(=O)[O-])cc3c2c1. The first-order valence-electron chi connectivity index (χ1n) is 5.54. The van der Waals surface area contributed by atoms with Crippen molar-refractivity contribution in [3.8, 4) is 0 Å². The lowest BCUT2D eigenvalue weighted by atomic mass is 10.1. The molecule has 7 nitrogen and oxygen atoms in total. The molecular weight excluding hydrogens is 320 g/mol. The van der Waals surface area contributed by atoms with Crippen LogP contribution in [-0.2, 0) is 20.2 Å². The van der Waals surface area contributed by atoms with E-state index in [0.717, 1.165) is 24.3 Å². The Bertz CT molecular complexity index is 989. The lowest BCUT2D eigenvalue weighted by Crippen LogP contribution is -1.98. The van der Waals surface area contributed by atoms with Gasteiger partial charge in [0.1, 0.15) is 31.4 Å². The lowest BCUT2D eigenvalue weighted by Gasteiger charge is -2.07. The Morgan fingerprint density at radius 2 is 1.10 bits per heavy atom. The molecule has 0 aliphatic rings. The van der Waals surface area contributed by atoms with E-state index in [2.05, 4.69) is 0 Å². The summed E-state index contributed by atoms with van der Waals surface area (Å²) in [6, 6.07) is 6.96. The summed E-state index contributed by atoms with van der Waals surface area (Å²) in [5, 5.41) is 0.486. The van der Waals surface area contributed by atoms with Gasteiger partial charge in [-0.3, -0.25) is 0 Å². The number of benzene rings is 2. The highest BCUT2D eigenvalue weighted by Crippen LogP contribution is 2.31. The molecule has 3 rings (SSSR count). The summed E-state index contributed by atoms with van der Waals surface area (Å²) in [5.41, 5.74) is 0.552. The van der Waals surface area contributed by atoms with Crippen LogP contribution in [0.15, 0.2) is 50.6 Å². The largest absolute Gasteiger partial charge is 0.744 e. The first kappa shape index (κ1) is 14.0. The summed E-state index contributed by atoms with van der Waals surface area (Å²) < 4.78 is 71.6. The summed E-state index contributed by atoms with van der Waals surface area (Å²) in [5.74, 6) is 0. The summed E-state index contributed by atoms with van der Waals surface area (Å²) in [4.78, 5) is -0.929. The average molecular weight is 326 g/mol. The van der Waals surface area contributed by atoms with Gasteiger partial charge >= 0.3 is 0 Å². The van der Waals surface area contributed by atoms with Crippen LogP contribution >= 0.6 is 0 Å². The number of hydrogen-bond acceptors (Lipinski definition) is 7. The minimum absolute atomic E-state index is 0.243. The predicted octanol–water partition coefficient (Wildman–Crippen LogP) is 1.39. The normalized spacial score (nSPS) is 13.0. The predicted molar refractivity (Wildman–Crippen MR) is 69.6 cm³/mol. The third kappa shape index (κ3) is 2.40. The van der Waals surface area contributed by atoms with Crippen LogP contribution in [0.2, 0.25) is 0 Å². The first-order chi connectivity index (χ1) is 9.66. The van der Waals surface area contributed by atoms with Crippen molar-refractivity contribution in [1.29, 1.82) is 0 Å². The van der Waals surface area contributed by atoms with E-state index in [-0.39, 0.29) is 21.9 Å². The zero-order valence-corrected chi connectivity index (χ0v) is 11.8. The maximum absolute atomic E-state index is 11.0. The molecular formula is C12H6O7S2-2. The molecule has 9 heteroatoms. The van der Waals surface area contributed by atoms with Crippen LogP contribution in [0.3, 0.4) is 0 Å². The molecule has 0 amide bonds. The van der Waals surface area contributed by atoms with E-state index in [1.54, 1.807) is 0 Å². The van der Waals surface area contributed by atoms with Gasteiger partial charge in [0.15, 0.2) is 0 Å². The zero-order chi connectivity index (χ0) is 15.4. The Morgan fingerprint density at radius 1 is 0.714 bits per heavy atom. The summed E-state index contributed by atoms with van der Waals surface area (Å²) >= 11 is 0. The monoisotopic (exact) mass is 326 g/mol. The minimum atomic E-state index is -4.65. The molecule has 0 aliphatic heterocycles. The molecule has 0 N–H and O–H groups in total. The zero-order valence-electron chi connectivity index (χ0n) is 10.1. The van der Waals surface area contributed by atoms with Crippen LogP contribution in [0.4, 0.5) is 0 Å². The third-order valence-corrected chi connectivity index (χ3v) is 4.65. The summed E-state index contributed by atoms with van der Waals surface area (Å²) in [6.45, 7) is 0. The van der Waals surface area contributed by atoms with Crippen LogP contribution in [0.25, 0.3) is 21.9 Å². The second kappa shape index (κ2) is 4.28. The van der Waals surface area contributed by atoms with Crippen molar-refractivity contribution in [2.24, 2.45) is 0 Å². The maximum Gasteiger partial charge on any atom is 0.135 e. The number of fused-ring (bicyclic) bond motifs is 3. The van der Waals surface area contributed by atoms with E-state index >= 15 is 0 Å². The topological polar surface area (TPSA) is 128 Å². The van der Waals surface area contributed by atoms with Crippen LogP contribution in [0.1, 0.15) is 0 Å². The molecule has 21 heavy (non-hydrogen) atoms. The van der Waals surface area contributed by atoms with Gasteiger partial charge < -0.3 is 13.5 Å². The fraction of sp³-hybridized carbons (Fsp3) is 0. The van der Waals surface area contributed by atoms with Crippen molar-refractivity contribution in [2.75, 3.05) is 0 Å². The standard InChI is InChI=1S/C12H8O7S2/c13-20(14,15)7-1-3-11-9(5-7)10-6-8(21(16,17)18)2-4-12(10)19-11/h1-6H,(H,13,14,15)(H,16,17,18)/p-2. The molecule has 0 aliphatic carbocycles.